The van der Waals surface area contributed by atoms with Crippen molar-refractivity contribution in [3.8, 4) is 11.7 Å². The van der Waals surface area contributed by atoms with E-state index in [0.29, 0.717) is 23.7 Å². The van der Waals surface area contributed by atoms with Crippen molar-refractivity contribution < 1.29 is 4.52 Å². The number of hydrogen-bond acceptors (Lipinski definition) is 6. The Morgan fingerprint density at radius 2 is 2.10 bits per heavy atom. The lowest BCUT2D eigenvalue weighted by molar-refractivity contribution is 0.345. The van der Waals surface area contributed by atoms with E-state index in [1.807, 2.05) is 4.68 Å². The number of aromatic nitrogens is 5. The van der Waals surface area contributed by atoms with E-state index >= 15 is 0 Å². The van der Waals surface area contributed by atoms with Gasteiger partial charge in [-0.15, -0.1) is 5.10 Å². The first-order chi connectivity index (χ1) is 10.4. The lowest BCUT2D eigenvalue weighted by Crippen LogP contribution is -2.31. The monoisotopic (exact) mass is 288 g/mol. The lowest BCUT2D eigenvalue weighted by atomic mass is 10.1. The molecule has 0 aromatic carbocycles. The molecular weight excluding hydrogens is 268 g/mol. The zero-order chi connectivity index (χ0) is 14.1. The Bertz CT molecular complexity index is 594. The predicted octanol–water partition coefficient (Wildman–Crippen LogP) is 1.91. The summed E-state index contributed by atoms with van der Waals surface area (Å²) < 4.78 is 7.27. The summed E-state index contributed by atoms with van der Waals surface area (Å²) in [4.78, 5) is 8.82. The first-order valence-electron chi connectivity index (χ1n) is 7.86. The molecule has 112 valence electrons. The molecule has 21 heavy (non-hydrogen) atoms. The molecule has 1 aliphatic carbocycles. The highest BCUT2D eigenvalue weighted by Gasteiger charge is 2.24. The topological polar surface area (TPSA) is 81.7 Å². The van der Waals surface area contributed by atoms with Crippen LogP contribution >= 0.6 is 0 Å². The zero-order valence-corrected chi connectivity index (χ0v) is 12.0. The summed E-state index contributed by atoms with van der Waals surface area (Å²) in [7, 11) is 0. The third kappa shape index (κ3) is 2.57. The van der Waals surface area contributed by atoms with Gasteiger partial charge in [-0.05, 0) is 32.2 Å². The molecule has 7 heteroatoms. The number of piperidine rings is 1. The summed E-state index contributed by atoms with van der Waals surface area (Å²) in [6, 6.07) is 0.372. The maximum absolute atomic E-state index is 5.35. The molecule has 1 aliphatic heterocycles. The molecule has 1 unspecified atom stereocenters. The van der Waals surface area contributed by atoms with Crippen LogP contribution in [0.25, 0.3) is 11.7 Å². The van der Waals surface area contributed by atoms with Crippen LogP contribution in [-0.4, -0.2) is 38.0 Å². The van der Waals surface area contributed by atoms with Crippen LogP contribution in [0.15, 0.2) is 10.9 Å². The Hall–Kier alpha value is -1.76. The van der Waals surface area contributed by atoms with E-state index in [9.17, 15) is 0 Å². The fraction of sp³-hybridized carbons (Fsp3) is 0.714. The van der Waals surface area contributed by atoms with Crippen molar-refractivity contribution in [1.29, 1.82) is 0 Å². The van der Waals surface area contributed by atoms with Gasteiger partial charge < -0.3 is 9.84 Å². The first-order valence-corrected chi connectivity index (χ1v) is 7.86. The molecule has 2 fully saturated rings. The minimum Gasteiger partial charge on any atom is -0.330 e. The first kappa shape index (κ1) is 12.9. The van der Waals surface area contributed by atoms with Crippen molar-refractivity contribution in [3.05, 3.63) is 12.2 Å². The maximum atomic E-state index is 5.35. The number of nitrogens with zero attached hydrogens (tertiary/aromatic N) is 5. The van der Waals surface area contributed by atoms with Gasteiger partial charge in [0.25, 0.3) is 5.89 Å². The summed E-state index contributed by atoms with van der Waals surface area (Å²) in [5.41, 5.74) is 0. The highest BCUT2D eigenvalue weighted by Crippen LogP contribution is 2.33. The van der Waals surface area contributed by atoms with Crippen LogP contribution in [0.5, 0.6) is 0 Å². The Morgan fingerprint density at radius 3 is 2.90 bits per heavy atom. The molecule has 3 heterocycles. The third-order valence-corrected chi connectivity index (χ3v) is 4.51. The van der Waals surface area contributed by atoms with Crippen molar-refractivity contribution >= 4 is 0 Å². The molecule has 1 saturated carbocycles. The van der Waals surface area contributed by atoms with E-state index in [0.717, 1.165) is 38.2 Å². The summed E-state index contributed by atoms with van der Waals surface area (Å²) in [5.74, 6) is 2.25. The molecule has 1 saturated heterocycles. The van der Waals surface area contributed by atoms with E-state index in [1.54, 1.807) is 6.33 Å². The molecule has 1 atom stereocenters. The van der Waals surface area contributed by atoms with Gasteiger partial charge in [0.1, 0.15) is 6.33 Å². The molecule has 0 bridgehead atoms. The van der Waals surface area contributed by atoms with Gasteiger partial charge in [-0.1, -0.05) is 18.0 Å². The van der Waals surface area contributed by atoms with E-state index in [2.05, 4.69) is 25.5 Å². The van der Waals surface area contributed by atoms with Crippen LogP contribution < -0.4 is 5.32 Å². The van der Waals surface area contributed by atoms with Gasteiger partial charge in [-0.2, -0.15) is 4.98 Å². The van der Waals surface area contributed by atoms with Gasteiger partial charge in [0.05, 0.1) is 6.04 Å². The average molecular weight is 288 g/mol. The fourth-order valence-corrected chi connectivity index (χ4v) is 3.28. The Morgan fingerprint density at radius 1 is 1.19 bits per heavy atom. The Balaban J connectivity index is 1.52. The quantitative estimate of drug-likeness (QED) is 0.929. The summed E-state index contributed by atoms with van der Waals surface area (Å²) >= 11 is 0. The second kappa shape index (κ2) is 5.55. The summed E-state index contributed by atoms with van der Waals surface area (Å²) in [5, 5.41) is 12.0. The van der Waals surface area contributed by atoms with Gasteiger partial charge in [0.2, 0.25) is 5.82 Å². The number of rotatable bonds is 3. The molecule has 2 aromatic heterocycles. The molecule has 1 N–H and O–H groups in total. The molecule has 0 amide bonds. The van der Waals surface area contributed by atoms with E-state index in [4.69, 9.17) is 4.52 Å². The van der Waals surface area contributed by atoms with Crippen LogP contribution in [0.2, 0.25) is 0 Å². The molecule has 2 aliphatic rings. The van der Waals surface area contributed by atoms with Crippen molar-refractivity contribution in [2.75, 3.05) is 13.1 Å². The van der Waals surface area contributed by atoms with Crippen LogP contribution in [0.4, 0.5) is 0 Å². The molecule has 0 spiro atoms. The highest BCUT2D eigenvalue weighted by atomic mass is 16.5. The molecular formula is C14H20N6O. The smallest absolute Gasteiger partial charge is 0.297 e. The van der Waals surface area contributed by atoms with Crippen LogP contribution in [0.3, 0.4) is 0 Å². The second-order valence-corrected chi connectivity index (χ2v) is 5.99. The van der Waals surface area contributed by atoms with Gasteiger partial charge >= 0.3 is 0 Å². The summed E-state index contributed by atoms with van der Waals surface area (Å²) in [6.07, 6.45) is 8.92. The van der Waals surface area contributed by atoms with Crippen LogP contribution in [0, 0.1) is 0 Å². The van der Waals surface area contributed by atoms with Crippen LogP contribution in [-0.2, 0) is 0 Å². The highest BCUT2D eigenvalue weighted by molar-refractivity contribution is 5.38. The zero-order valence-electron chi connectivity index (χ0n) is 12.0. The largest absolute Gasteiger partial charge is 0.330 e. The third-order valence-electron chi connectivity index (χ3n) is 4.51. The Labute approximate surface area is 123 Å². The minimum atomic E-state index is 0.372. The number of nitrogens with one attached hydrogen (secondary N) is 1. The second-order valence-electron chi connectivity index (χ2n) is 5.99. The normalized spacial score (nSPS) is 23.7. The molecule has 2 aromatic rings. The van der Waals surface area contributed by atoms with E-state index < -0.39 is 0 Å². The van der Waals surface area contributed by atoms with Gasteiger partial charge in [0.15, 0.2) is 5.82 Å². The molecule has 4 rings (SSSR count). The van der Waals surface area contributed by atoms with Crippen molar-refractivity contribution in [2.45, 2.75) is 50.5 Å². The minimum absolute atomic E-state index is 0.372. The van der Waals surface area contributed by atoms with E-state index in [1.165, 1.54) is 19.3 Å². The number of hydrogen-bond donors (Lipinski definition) is 1. The fourth-order valence-electron chi connectivity index (χ4n) is 3.28. The Kier molecular flexibility index (Phi) is 3.42. The SMILES string of the molecule is c1nc(-c2nc(C3CCCC3)no2)nn1C1CCCNC1. The van der Waals surface area contributed by atoms with Crippen LogP contribution in [0.1, 0.15) is 56.3 Å². The van der Waals surface area contributed by atoms with Gasteiger partial charge in [-0.3, -0.25) is 0 Å². The molecule has 0 radical (unpaired) electrons. The van der Waals surface area contributed by atoms with Gasteiger partial charge in [0, 0.05) is 12.5 Å². The molecule has 7 nitrogen and oxygen atoms in total. The van der Waals surface area contributed by atoms with Gasteiger partial charge in [-0.25, -0.2) is 9.67 Å². The lowest BCUT2D eigenvalue weighted by Gasteiger charge is -2.22. The average Bonchev–Trinajstić information content (AvgIpc) is 3.27. The maximum Gasteiger partial charge on any atom is 0.297 e. The van der Waals surface area contributed by atoms with Crippen molar-refractivity contribution in [2.24, 2.45) is 0 Å². The van der Waals surface area contributed by atoms with Crippen molar-refractivity contribution in [1.82, 2.24) is 30.2 Å². The standard InChI is InChI=1S/C14H20N6O/c1-2-5-10(4-1)12-17-14(21-19-12)13-16-9-20(18-13)11-6-3-7-15-8-11/h9-11,15H,1-8H2. The summed E-state index contributed by atoms with van der Waals surface area (Å²) in [6.45, 7) is 2.03. The predicted molar refractivity (Wildman–Crippen MR) is 75.7 cm³/mol. The van der Waals surface area contributed by atoms with E-state index in [-0.39, 0.29) is 0 Å². The van der Waals surface area contributed by atoms with Crippen molar-refractivity contribution in [3.63, 3.8) is 0 Å².